The van der Waals surface area contributed by atoms with Crippen molar-refractivity contribution in [3.63, 3.8) is 0 Å². The Hall–Kier alpha value is -1.80. The molecule has 0 aromatic heterocycles. The molecule has 0 saturated carbocycles. The predicted molar refractivity (Wildman–Crippen MR) is 81.2 cm³/mol. The molecule has 1 atom stereocenters. The monoisotopic (exact) mass is 268 g/mol. The maximum Gasteiger partial charge on any atom is 0.124 e. The van der Waals surface area contributed by atoms with Crippen molar-refractivity contribution in [1.82, 2.24) is 0 Å². The van der Waals surface area contributed by atoms with E-state index in [0.29, 0.717) is 6.61 Å². The summed E-state index contributed by atoms with van der Waals surface area (Å²) >= 11 is 0. The molecule has 2 aromatic rings. The van der Waals surface area contributed by atoms with Gasteiger partial charge in [0.2, 0.25) is 0 Å². The van der Waals surface area contributed by atoms with Gasteiger partial charge in [0.1, 0.15) is 11.9 Å². The van der Waals surface area contributed by atoms with E-state index in [1.807, 2.05) is 6.07 Å². The molecule has 2 nitrogen and oxygen atoms in total. The third-order valence-corrected chi connectivity index (χ3v) is 3.76. The van der Waals surface area contributed by atoms with Crippen LogP contribution < -0.4 is 4.74 Å². The molecular formula is C18H20O2. The van der Waals surface area contributed by atoms with Crippen LogP contribution in [0.2, 0.25) is 0 Å². The van der Waals surface area contributed by atoms with Crippen LogP contribution in [0.3, 0.4) is 0 Å². The molecule has 0 aliphatic carbocycles. The van der Waals surface area contributed by atoms with E-state index < -0.39 is 0 Å². The van der Waals surface area contributed by atoms with Crippen LogP contribution in [0.15, 0.2) is 42.5 Å². The van der Waals surface area contributed by atoms with Crippen molar-refractivity contribution < 1.29 is 9.47 Å². The highest BCUT2D eigenvalue weighted by Crippen LogP contribution is 2.31. The van der Waals surface area contributed by atoms with Crippen molar-refractivity contribution in [3.8, 4) is 16.9 Å². The number of aryl methyl sites for hydroxylation is 2. The van der Waals surface area contributed by atoms with Crippen molar-refractivity contribution >= 4 is 0 Å². The second kappa shape index (κ2) is 5.68. The summed E-state index contributed by atoms with van der Waals surface area (Å²) < 4.78 is 11.4. The van der Waals surface area contributed by atoms with E-state index >= 15 is 0 Å². The molecular weight excluding hydrogens is 248 g/mol. The minimum absolute atomic E-state index is 0.205. The van der Waals surface area contributed by atoms with E-state index in [9.17, 15) is 0 Å². The molecule has 1 aliphatic heterocycles. The van der Waals surface area contributed by atoms with E-state index in [4.69, 9.17) is 9.47 Å². The first kappa shape index (κ1) is 13.2. The lowest BCUT2D eigenvalue weighted by molar-refractivity contribution is 0.141. The van der Waals surface area contributed by atoms with Crippen LogP contribution in [0, 0.1) is 13.8 Å². The molecule has 0 N–H and O–H groups in total. The Morgan fingerprint density at radius 2 is 1.75 bits per heavy atom. The molecule has 3 rings (SSSR count). The number of hydrogen-bond acceptors (Lipinski definition) is 2. The molecule has 0 amide bonds. The lowest BCUT2D eigenvalue weighted by Gasteiger charge is -2.16. The van der Waals surface area contributed by atoms with Gasteiger partial charge in [0.15, 0.2) is 0 Å². The first-order chi connectivity index (χ1) is 9.74. The van der Waals surface area contributed by atoms with E-state index in [-0.39, 0.29) is 6.10 Å². The molecule has 1 saturated heterocycles. The van der Waals surface area contributed by atoms with Gasteiger partial charge in [-0.25, -0.2) is 0 Å². The van der Waals surface area contributed by atoms with Gasteiger partial charge in [0.25, 0.3) is 0 Å². The lowest BCUT2D eigenvalue weighted by atomic mass is 9.95. The second-order valence-corrected chi connectivity index (χ2v) is 5.40. The summed E-state index contributed by atoms with van der Waals surface area (Å²) in [7, 11) is 0. The fraction of sp³-hybridized carbons (Fsp3) is 0.333. The fourth-order valence-electron chi connectivity index (χ4n) is 2.85. The van der Waals surface area contributed by atoms with Crippen molar-refractivity contribution in [3.05, 3.63) is 53.6 Å². The van der Waals surface area contributed by atoms with Crippen LogP contribution in [-0.4, -0.2) is 19.3 Å². The summed E-state index contributed by atoms with van der Waals surface area (Å²) in [6.45, 7) is 5.81. The molecule has 2 aromatic carbocycles. The Labute approximate surface area is 120 Å². The Bertz CT molecular complexity index is 561. The summed E-state index contributed by atoms with van der Waals surface area (Å²) in [6.07, 6.45) is 1.19. The molecule has 1 heterocycles. The van der Waals surface area contributed by atoms with Crippen molar-refractivity contribution in [2.45, 2.75) is 26.4 Å². The molecule has 0 unspecified atom stereocenters. The van der Waals surface area contributed by atoms with Crippen LogP contribution in [-0.2, 0) is 4.74 Å². The van der Waals surface area contributed by atoms with Crippen molar-refractivity contribution in [2.75, 3.05) is 13.2 Å². The quantitative estimate of drug-likeness (QED) is 0.833. The van der Waals surface area contributed by atoms with Gasteiger partial charge < -0.3 is 9.47 Å². The number of rotatable bonds is 3. The fourth-order valence-corrected chi connectivity index (χ4v) is 2.85. The van der Waals surface area contributed by atoms with Gasteiger partial charge in [-0.1, -0.05) is 30.3 Å². The Kier molecular flexibility index (Phi) is 3.75. The van der Waals surface area contributed by atoms with Crippen LogP contribution in [0.1, 0.15) is 17.5 Å². The summed E-state index contributed by atoms with van der Waals surface area (Å²) in [4.78, 5) is 0. The van der Waals surface area contributed by atoms with Gasteiger partial charge in [-0.3, -0.25) is 0 Å². The highest BCUT2D eigenvalue weighted by molar-refractivity contribution is 5.71. The lowest BCUT2D eigenvalue weighted by Crippen LogP contribution is -2.15. The number of hydrogen-bond donors (Lipinski definition) is 0. The van der Waals surface area contributed by atoms with Crippen LogP contribution in [0.5, 0.6) is 5.75 Å². The molecule has 20 heavy (non-hydrogen) atoms. The zero-order valence-corrected chi connectivity index (χ0v) is 12.1. The van der Waals surface area contributed by atoms with Crippen LogP contribution in [0.4, 0.5) is 0 Å². The Morgan fingerprint density at radius 1 is 1.05 bits per heavy atom. The molecule has 1 aliphatic rings. The average Bonchev–Trinajstić information content (AvgIpc) is 2.92. The zero-order chi connectivity index (χ0) is 13.9. The number of benzene rings is 2. The van der Waals surface area contributed by atoms with Gasteiger partial charge in [0, 0.05) is 6.42 Å². The van der Waals surface area contributed by atoms with E-state index in [1.165, 1.54) is 22.3 Å². The largest absolute Gasteiger partial charge is 0.488 e. The maximum absolute atomic E-state index is 6.00. The predicted octanol–water partition coefficient (Wildman–Crippen LogP) is 4.14. The summed E-state index contributed by atoms with van der Waals surface area (Å²) in [5, 5.41) is 0. The minimum Gasteiger partial charge on any atom is -0.488 e. The summed E-state index contributed by atoms with van der Waals surface area (Å²) in [6, 6.07) is 14.8. The molecule has 2 heteroatoms. The van der Waals surface area contributed by atoms with Crippen molar-refractivity contribution in [2.24, 2.45) is 0 Å². The SMILES string of the molecule is Cc1cc(O[C@@H]2CCOC2)cc(C)c1-c1ccccc1. The van der Waals surface area contributed by atoms with Crippen LogP contribution >= 0.6 is 0 Å². The van der Waals surface area contributed by atoms with Gasteiger partial charge in [0.05, 0.1) is 13.2 Å². The second-order valence-electron chi connectivity index (χ2n) is 5.40. The van der Waals surface area contributed by atoms with Gasteiger partial charge in [-0.2, -0.15) is 0 Å². The van der Waals surface area contributed by atoms with E-state index in [1.54, 1.807) is 0 Å². The normalized spacial score (nSPS) is 18.2. The Morgan fingerprint density at radius 3 is 2.35 bits per heavy atom. The number of ether oxygens (including phenoxy) is 2. The van der Waals surface area contributed by atoms with E-state index in [0.717, 1.165) is 18.8 Å². The molecule has 0 bridgehead atoms. The maximum atomic E-state index is 6.00. The summed E-state index contributed by atoms with van der Waals surface area (Å²) in [5.74, 6) is 0.954. The minimum atomic E-state index is 0.205. The molecule has 104 valence electrons. The first-order valence-corrected chi connectivity index (χ1v) is 7.15. The topological polar surface area (TPSA) is 18.5 Å². The van der Waals surface area contributed by atoms with Gasteiger partial charge in [-0.05, 0) is 48.2 Å². The van der Waals surface area contributed by atoms with E-state index in [2.05, 4.69) is 50.2 Å². The summed E-state index contributed by atoms with van der Waals surface area (Å²) in [5.41, 5.74) is 5.08. The third kappa shape index (κ3) is 2.70. The van der Waals surface area contributed by atoms with Gasteiger partial charge in [-0.15, -0.1) is 0 Å². The highest BCUT2D eigenvalue weighted by atomic mass is 16.5. The average molecular weight is 268 g/mol. The molecule has 0 spiro atoms. The van der Waals surface area contributed by atoms with Gasteiger partial charge >= 0.3 is 0 Å². The third-order valence-electron chi connectivity index (χ3n) is 3.76. The highest BCUT2D eigenvalue weighted by Gasteiger charge is 2.18. The molecule has 0 radical (unpaired) electrons. The standard InChI is InChI=1S/C18H20O2/c1-13-10-17(20-16-8-9-19-12-16)11-14(2)18(13)15-6-4-3-5-7-15/h3-7,10-11,16H,8-9,12H2,1-2H3/t16-/m1/s1. The Balaban J connectivity index is 1.90. The first-order valence-electron chi connectivity index (χ1n) is 7.15. The zero-order valence-electron chi connectivity index (χ0n) is 12.1. The van der Waals surface area contributed by atoms with Crippen molar-refractivity contribution in [1.29, 1.82) is 0 Å². The molecule has 1 fully saturated rings. The van der Waals surface area contributed by atoms with Crippen LogP contribution in [0.25, 0.3) is 11.1 Å². The smallest absolute Gasteiger partial charge is 0.124 e.